The van der Waals surface area contributed by atoms with Crippen LogP contribution in [-0.4, -0.2) is 67.0 Å². The zero-order chi connectivity index (χ0) is 32.2. The van der Waals surface area contributed by atoms with Crippen molar-refractivity contribution in [3.63, 3.8) is 0 Å². The summed E-state index contributed by atoms with van der Waals surface area (Å²) < 4.78 is 62.1. The molecule has 4 heterocycles. The molecular formula is C33H41F4LiN4O4. The number of ether oxygens (including phenoxy) is 1. The van der Waals surface area contributed by atoms with Gasteiger partial charge in [0, 0.05) is 68.8 Å². The van der Waals surface area contributed by atoms with E-state index in [1.54, 1.807) is 28.1 Å². The Morgan fingerprint density at radius 1 is 0.783 bits per heavy atom. The minimum absolute atomic E-state index is 0. The van der Waals surface area contributed by atoms with E-state index in [9.17, 15) is 32.3 Å². The van der Waals surface area contributed by atoms with Gasteiger partial charge in [-0.3, -0.25) is 0 Å². The van der Waals surface area contributed by atoms with Crippen LogP contribution < -0.4 is 33.8 Å². The summed E-state index contributed by atoms with van der Waals surface area (Å²) in [4.78, 5) is 34.8. The van der Waals surface area contributed by atoms with Crippen LogP contribution in [0.1, 0.15) is 84.9 Å². The van der Waals surface area contributed by atoms with E-state index in [1.807, 2.05) is 0 Å². The Morgan fingerprint density at radius 3 is 1.63 bits per heavy atom. The average Bonchev–Trinajstić information content (AvgIpc) is 3.94. The first-order valence-electron chi connectivity index (χ1n) is 15.9. The van der Waals surface area contributed by atoms with Crippen LogP contribution in [-0.2, 0) is 4.74 Å². The third kappa shape index (κ3) is 9.15. The predicted molar refractivity (Wildman–Crippen MR) is 159 cm³/mol. The van der Waals surface area contributed by atoms with Crippen molar-refractivity contribution in [2.24, 2.45) is 23.7 Å². The first-order chi connectivity index (χ1) is 21.5. The SMILES string of the molecule is COC(=O)c1cccnc1N1CCC(CC2CC2)C(F)(F)CC1.O=C([O-])c1cccnc1N1CCC(CC2CC2)C(F)(F)CC1.[Li+]. The Kier molecular flexibility index (Phi) is 12.0. The van der Waals surface area contributed by atoms with E-state index in [0.29, 0.717) is 62.0 Å². The third-order valence-electron chi connectivity index (χ3n) is 9.55. The second-order valence-electron chi connectivity index (χ2n) is 12.9. The van der Waals surface area contributed by atoms with Crippen LogP contribution in [0.15, 0.2) is 36.7 Å². The number of rotatable bonds is 8. The normalized spacial score (nSPS) is 23.9. The zero-order valence-electron chi connectivity index (χ0n) is 26.6. The molecule has 0 aromatic carbocycles. The monoisotopic (exact) mass is 640 g/mol. The van der Waals surface area contributed by atoms with E-state index < -0.39 is 35.6 Å². The second kappa shape index (κ2) is 15.4. The maximum Gasteiger partial charge on any atom is 1.00 e. The Hall–Kier alpha value is -2.84. The number of hydrogen-bond donors (Lipinski definition) is 0. The van der Waals surface area contributed by atoms with Crippen LogP contribution >= 0.6 is 0 Å². The minimum atomic E-state index is -2.69. The molecule has 6 rings (SSSR count). The van der Waals surface area contributed by atoms with E-state index in [0.717, 1.165) is 25.7 Å². The number of anilines is 2. The molecule has 2 aliphatic heterocycles. The molecule has 4 fully saturated rings. The number of nitrogens with zero attached hydrogens (tertiary/aromatic N) is 4. The molecule has 0 amide bonds. The molecule has 46 heavy (non-hydrogen) atoms. The van der Waals surface area contributed by atoms with Crippen molar-refractivity contribution < 1.29 is 55.9 Å². The van der Waals surface area contributed by atoms with Gasteiger partial charge in [0.15, 0.2) is 0 Å². The van der Waals surface area contributed by atoms with Crippen LogP contribution in [0.25, 0.3) is 0 Å². The molecule has 8 nitrogen and oxygen atoms in total. The Bertz CT molecular complexity index is 1340. The number of carboxylic acid groups (broad SMARTS) is 1. The van der Waals surface area contributed by atoms with Gasteiger partial charge >= 0.3 is 24.8 Å². The molecule has 0 radical (unpaired) electrons. The van der Waals surface area contributed by atoms with Gasteiger partial charge in [0.2, 0.25) is 0 Å². The molecule has 2 saturated heterocycles. The summed E-state index contributed by atoms with van der Waals surface area (Å²) in [6.45, 7) is 1.22. The molecule has 0 spiro atoms. The molecule has 2 aromatic heterocycles. The van der Waals surface area contributed by atoms with Crippen LogP contribution in [0.2, 0.25) is 0 Å². The van der Waals surface area contributed by atoms with Gasteiger partial charge in [0.25, 0.3) is 11.8 Å². The second-order valence-corrected chi connectivity index (χ2v) is 12.9. The number of methoxy groups -OCH3 is 1. The van der Waals surface area contributed by atoms with Crippen molar-refractivity contribution in [1.82, 2.24) is 9.97 Å². The van der Waals surface area contributed by atoms with Gasteiger partial charge in [-0.25, -0.2) is 32.3 Å². The molecule has 2 unspecified atom stereocenters. The van der Waals surface area contributed by atoms with Gasteiger partial charge in [-0.1, -0.05) is 25.7 Å². The van der Waals surface area contributed by atoms with Gasteiger partial charge in [0.1, 0.15) is 17.2 Å². The average molecular weight is 641 g/mol. The molecule has 0 bridgehead atoms. The number of carbonyl (C=O) groups is 2. The number of alkyl halides is 4. The maximum absolute atomic E-state index is 14.4. The number of carbonyl (C=O) groups excluding carboxylic acids is 2. The van der Waals surface area contributed by atoms with E-state index >= 15 is 0 Å². The number of carboxylic acids is 1. The van der Waals surface area contributed by atoms with E-state index in [4.69, 9.17) is 4.74 Å². The van der Waals surface area contributed by atoms with Crippen LogP contribution in [0.5, 0.6) is 0 Å². The fourth-order valence-corrected chi connectivity index (χ4v) is 6.49. The van der Waals surface area contributed by atoms with Gasteiger partial charge in [-0.15, -0.1) is 0 Å². The first kappa shape index (κ1) is 36.0. The summed E-state index contributed by atoms with van der Waals surface area (Å²) in [6, 6.07) is 6.19. The molecule has 13 heteroatoms. The number of pyridine rings is 2. The summed E-state index contributed by atoms with van der Waals surface area (Å²) in [7, 11) is 1.31. The number of aromatic nitrogens is 2. The van der Waals surface area contributed by atoms with E-state index in [1.165, 1.54) is 25.4 Å². The summed E-state index contributed by atoms with van der Waals surface area (Å²) >= 11 is 0. The Labute approximate surface area is 279 Å². The van der Waals surface area contributed by atoms with Crippen LogP contribution in [0.4, 0.5) is 29.2 Å². The number of hydrogen-bond acceptors (Lipinski definition) is 8. The standard InChI is InChI=1S/C17H22F2N2O2.C16H20F2N2O2.Li/c1-23-16(22)14-3-2-8-20-15(14)21-9-6-13(11-12-4-5-12)17(18,19)7-10-21;17-16(18)6-9-20(8-5-12(16)10-11-3-4-11)14-13(15(21)22)2-1-7-19-14;/h2-3,8,12-13H,4-7,9-11H2,1H3;1-2,7,11-12H,3-6,8-10H2,(H,21,22);/q;;+1/p-1. The van der Waals surface area contributed by atoms with Crippen molar-refractivity contribution >= 4 is 23.6 Å². The molecular weight excluding hydrogens is 599 g/mol. The fraction of sp³-hybridized carbons (Fsp3) is 0.636. The molecule has 2 atom stereocenters. The van der Waals surface area contributed by atoms with Crippen molar-refractivity contribution in [2.75, 3.05) is 43.1 Å². The van der Waals surface area contributed by atoms with Gasteiger partial charge in [-0.05, 0) is 61.8 Å². The fourth-order valence-electron chi connectivity index (χ4n) is 6.49. The van der Waals surface area contributed by atoms with Gasteiger partial charge in [-0.2, -0.15) is 0 Å². The Balaban J connectivity index is 0.000000205. The van der Waals surface area contributed by atoms with E-state index in [2.05, 4.69) is 9.97 Å². The van der Waals surface area contributed by atoms with Crippen molar-refractivity contribution in [3.05, 3.63) is 47.8 Å². The van der Waals surface area contributed by atoms with E-state index in [-0.39, 0.29) is 56.2 Å². The Morgan fingerprint density at radius 2 is 1.22 bits per heavy atom. The summed E-state index contributed by atoms with van der Waals surface area (Å²) in [5.74, 6) is -6.69. The third-order valence-corrected chi connectivity index (χ3v) is 9.55. The summed E-state index contributed by atoms with van der Waals surface area (Å²) in [6.07, 6.45) is 8.90. The quantitative estimate of drug-likeness (QED) is 0.247. The minimum Gasteiger partial charge on any atom is -0.545 e. The molecule has 4 aliphatic rings. The molecule has 2 saturated carbocycles. The largest absolute Gasteiger partial charge is 1.00 e. The zero-order valence-corrected chi connectivity index (χ0v) is 26.6. The smallest absolute Gasteiger partial charge is 0.545 e. The number of aromatic carboxylic acids is 1. The number of esters is 1. The van der Waals surface area contributed by atoms with Crippen LogP contribution in [0, 0.1) is 23.7 Å². The van der Waals surface area contributed by atoms with Crippen molar-refractivity contribution in [1.29, 1.82) is 0 Å². The number of halogens is 4. The maximum atomic E-state index is 14.4. The molecule has 0 N–H and O–H groups in total. The van der Waals surface area contributed by atoms with Crippen molar-refractivity contribution in [3.8, 4) is 0 Å². The van der Waals surface area contributed by atoms with Crippen molar-refractivity contribution in [2.45, 2.75) is 76.1 Å². The summed E-state index contributed by atoms with van der Waals surface area (Å²) in [5, 5.41) is 11.2. The molecule has 246 valence electrons. The molecule has 2 aromatic rings. The van der Waals surface area contributed by atoms with Crippen LogP contribution in [0.3, 0.4) is 0 Å². The summed E-state index contributed by atoms with van der Waals surface area (Å²) in [5.41, 5.74) is 0.297. The predicted octanol–water partition coefficient (Wildman–Crippen LogP) is 2.62. The molecule has 2 aliphatic carbocycles. The van der Waals surface area contributed by atoms with Gasteiger partial charge < -0.3 is 24.4 Å². The topological polar surface area (TPSA) is 98.7 Å². The van der Waals surface area contributed by atoms with Gasteiger partial charge in [0.05, 0.1) is 13.1 Å². The first-order valence-corrected chi connectivity index (χ1v) is 15.9.